The maximum atomic E-state index is 6.07. The molecule has 0 aromatic rings. The van der Waals surface area contributed by atoms with E-state index in [9.17, 15) is 0 Å². The molecule has 0 aromatic heterocycles. The van der Waals surface area contributed by atoms with Gasteiger partial charge in [0.25, 0.3) is 0 Å². The molecule has 16 heavy (non-hydrogen) atoms. The maximum absolute atomic E-state index is 6.07. The van der Waals surface area contributed by atoms with Crippen LogP contribution in [0.2, 0.25) is 0 Å². The van der Waals surface area contributed by atoms with Crippen molar-refractivity contribution in [3.63, 3.8) is 0 Å². The van der Waals surface area contributed by atoms with Crippen molar-refractivity contribution in [2.45, 2.75) is 72.2 Å². The fourth-order valence-corrected chi connectivity index (χ4v) is 2.62. The van der Waals surface area contributed by atoms with Crippen LogP contribution in [0.15, 0.2) is 0 Å². The topological polar surface area (TPSA) is 18.5 Å². The van der Waals surface area contributed by atoms with Gasteiger partial charge in [-0.15, -0.1) is 0 Å². The third-order valence-electron chi connectivity index (χ3n) is 3.96. The molecule has 0 N–H and O–H groups in total. The van der Waals surface area contributed by atoms with Crippen molar-refractivity contribution in [1.29, 1.82) is 0 Å². The van der Waals surface area contributed by atoms with Gasteiger partial charge in [0.1, 0.15) is 0 Å². The van der Waals surface area contributed by atoms with E-state index in [0.717, 1.165) is 13.0 Å². The Morgan fingerprint density at radius 1 is 1.06 bits per heavy atom. The average Bonchev–Trinajstić information content (AvgIpc) is 2.28. The summed E-state index contributed by atoms with van der Waals surface area (Å²) in [5, 5.41) is 0. The quantitative estimate of drug-likeness (QED) is 0.669. The molecule has 1 fully saturated rings. The highest BCUT2D eigenvalue weighted by Crippen LogP contribution is 2.33. The zero-order valence-corrected chi connectivity index (χ0v) is 11.5. The molecule has 0 aliphatic carbocycles. The fourth-order valence-electron chi connectivity index (χ4n) is 2.62. The second kappa shape index (κ2) is 6.61. The Kier molecular flexibility index (Phi) is 5.77. The summed E-state index contributed by atoms with van der Waals surface area (Å²) in [6.45, 7) is 12.0. The van der Waals surface area contributed by atoms with Crippen molar-refractivity contribution >= 4 is 0 Å². The molecule has 1 aliphatic rings. The molecule has 1 saturated heterocycles. The maximum Gasteiger partial charge on any atom is 0.0675 e. The second-order valence-corrected chi connectivity index (χ2v) is 5.20. The van der Waals surface area contributed by atoms with E-state index in [4.69, 9.17) is 9.47 Å². The lowest BCUT2D eigenvalue weighted by molar-refractivity contribution is -0.175. The van der Waals surface area contributed by atoms with Crippen LogP contribution < -0.4 is 0 Å². The summed E-state index contributed by atoms with van der Waals surface area (Å²) < 4.78 is 12.1. The van der Waals surface area contributed by atoms with Crippen LogP contribution in [0.3, 0.4) is 0 Å². The van der Waals surface area contributed by atoms with Crippen LogP contribution in [-0.2, 0) is 9.47 Å². The first-order valence-corrected chi connectivity index (χ1v) is 6.88. The fraction of sp³-hybridized carbons (Fsp3) is 1.00. The number of rotatable bonds is 5. The normalized spacial score (nSPS) is 39.9. The first-order valence-electron chi connectivity index (χ1n) is 6.88. The van der Waals surface area contributed by atoms with Gasteiger partial charge in [-0.25, -0.2) is 0 Å². The smallest absolute Gasteiger partial charge is 0.0675 e. The third-order valence-corrected chi connectivity index (χ3v) is 3.96. The molecule has 2 heteroatoms. The van der Waals surface area contributed by atoms with Crippen LogP contribution in [0, 0.1) is 11.8 Å². The van der Waals surface area contributed by atoms with Gasteiger partial charge in [-0.3, -0.25) is 0 Å². The van der Waals surface area contributed by atoms with E-state index < -0.39 is 0 Å². The number of unbranched alkanes of at least 4 members (excludes halogenated alkanes) is 1. The average molecular weight is 228 g/mol. The highest BCUT2D eigenvalue weighted by Gasteiger charge is 2.39. The highest BCUT2D eigenvalue weighted by molar-refractivity contribution is 4.86. The molecule has 0 radical (unpaired) electrons. The van der Waals surface area contributed by atoms with E-state index in [-0.39, 0.29) is 0 Å². The number of hydrogen-bond acceptors (Lipinski definition) is 2. The van der Waals surface area contributed by atoms with Crippen LogP contribution in [-0.4, -0.2) is 24.9 Å². The number of hydrogen-bond donors (Lipinski definition) is 0. The molecule has 1 rings (SSSR count). The Labute approximate surface area is 101 Å². The van der Waals surface area contributed by atoms with Crippen LogP contribution in [0.25, 0.3) is 0 Å². The van der Waals surface area contributed by atoms with Gasteiger partial charge in [0.05, 0.1) is 18.3 Å². The van der Waals surface area contributed by atoms with Crippen LogP contribution in [0.5, 0.6) is 0 Å². The Balaban J connectivity index is 2.55. The minimum Gasteiger partial charge on any atom is -0.377 e. The second-order valence-electron chi connectivity index (χ2n) is 5.20. The van der Waals surface area contributed by atoms with Crippen LogP contribution in [0.4, 0.5) is 0 Å². The zero-order valence-electron chi connectivity index (χ0n) is 11.5. The first-order chi connectivity index (χ1) is 7.61. The van der Waals surface area contributed by atoms with Crippen molar-refractivity contribution in [3.05, 3.63) is 0 Å². The predicted molar refractivity (Wildman–Crippen MR) is 67.6 cm³/mol. The molecular formula is C14H28O2. The summed E-state index contributed by atoms with van der Waals surface area (Å²) in [5.41, 5.74) is 0. The molecule has 1 unspecified atom stereocenters. The molecule has 2 nitrogen and oxygen atoms in total. The minimum absolute atomic E-state index is 0.327. The van der Waals surface area contributed by atoms with Gasteiger partial charge in [-0.2, -0.15) is 0 Å². The van der Waals surface area contributed by atoms with E-state index in [1.807, 2.05) is 0 Å². The molecule has 5 atom stereocenters. The molecule has 1 heterocycles. The summed E-state index contributed by atoms with van der Waals surface area (Å²) in [6, 6.07) is 0. The standard InChI is InChI=1S/C14H28O2/c1-6-8-9-15-14-10(3)12(5)16-13(7-2)11(14)4/h10-14H,6-9H2,1-5H3/t10-,11+,12-,13?,14+/m0/s1. The van der Waals surface area contributed by atoms with E-state index in [2.05, 4.69) is 34.6 Å². The lowest BCUT2D eigenvalue weighted by Crippen LogP contribution is -2.48. The van der Waals surface area contributed by atoms with E-state index >= 15 is 0 Å². The molecule has 0 aromatic carbocycles. The van der Waals surface area contributed by atoms with Gasteiger partial charge in [-0.05, 0) is 19.8 Å². The van der Waals surface area contributed by atoms with Crippen molar-refractivity contribution in [1.82, 2.24) is 0 Å². The predicted octanol–water partition coefficient (Wildman–Crippen LogP) is 3.64. The Morgan fingerprint density at radius 2 is 1.75 bits per heavy atom. The van der Waals surface area contributed by atoms with Gasteiger partial charge >= 0.3 is 0 Å². The van der Waals surface area contributed by atoms with E-state index in [1.54, 1.807) is 0 Å². The SMILES string of the molecule is CCCCO[C@@H]1[C@@H](C)[C@H](C)OC(CC)[C@H]1C. The lowest BCUT2D eigenvalue weighted by Gasteiger charge is -2.43. The number of ether oxygens (including phenoxy) is 2. The Bertz CT molecular complexity index is 193. The van der Waals surface area contributed by atoms with Gasteiger partial charge in [0.15, 0.2) is 0 Å². The Morgan fingerprint density at radius 3 is 2.31 bits per heavy atom. The monoisotopic (exact) mass is 228 g/mol. The van der Waals surface area contributed by atoms with Gasteiger partial charge in [-0.1, -0.05) is 34.1 Å². The Hall–Kier alpha value is -0.0800. The van der Waals surface area contributed by atoms with Gasteiger partial charge in [0.2, 0.25) is 0 Å². The van der Waals surface area contributed by atoms with Crippen LogP contribution >= 0.6 is 0 Å². The summed E-state index contributed by atoms with van der Waals surface area (Å²) in [4.78, 5) is 0. The molecule has 96 valence electrons. The largest absolute Gasteiger partial charge is 0.377 e. The van der Waals surface area contributed by atoms with Crippen molar-refractivity contribution in [2.75, 3.05) is 6.61 Å². The summed E-state index contributed by atoms with van der Waals surface area (Å²) in [5.74, 6) is 1.03. The molecule has 0 saturated carbocycles. The van der Waals surface area contributed by atoms with Gasteiger partial charge in [0, 0.05) is 18.4 Å². The lowest BCUT2D eigenvalue weighted by atomic mass is 9.82. The van der Waals surface area contributed by atoms with Crippen molar-refractivity contribution in [3.8, 4) is 0 Å². The van der Waals surface area contributed by atoms with Crippen molar-refractivity contribution in [2.24, 2.45) is 11.8 Å². The molecule has 1 aliphatic heterocycles. The van der Waals surface area contributed by atoms with E-state index in [0.29, 0.717) is 30.1 Å². The summed E-state index contributed by atoms with van der Waals surface area (Å²) in [7, 11) is 0. The summed E-state index contributed by atoms with van der Waals surface area (Å²) in [6.07, 6.45) is 4.54. The van der Waals surface area contributed by atoms with E-state index in [1.165, 1.54) is 12.8 Å². The van der Waals surface area contributed by atoms with Crippen molar-refractivity contribution < 1.29 is 9.47 Å². The molecule has 0 amide bonds. The van der Waals surface area contributed by atoms with Gasteiger partial charge < -0.3 is 9.47 Å². The zero-order chi connectivity index (χ0) is 12.1. The highest BCUT2D eigenvalue weighted by atomic mass is 16.5. The third kappa shape index (κ3) is 3.21. The molecule has 0 spiro atoms. The molecule has 0 bridgehead atoms. The summed E-state index contributed by atoms with van der Waals surface area (Å²) >= 11 is 0. The van der Waals surface area contributed by atoms with Crippen LogP contribution in [0.1, 0.15) is 53.9 Å². The molecular weight excluding hydrogens is 200 g/mol. The minimum atomic E-state index is 0.327. The first kappa shape index (κ1) is 14.0.